The number of aromatic amines is 1. The first-order chi connectivity index (χ1) is 13.1. The molecule has 8 nitrogen and oxygen atoms in total. The van der Waals surface area contributed by atoms with Crippen molar-refractivity contribution in [2.45, 2.75) is 6.92 Å². The number of carbonyl (C=O) groups excluding carboxylic acids is 2. The number of esters is 1. The second-order valence-corrected chi connectivity index (χ2v) is 5.60. The van der Waals surface area contributed by atoms with Crippen LogP contribution >= 0.6 is 0 Å². The molecular weight excluding hydrogens is 346 g/mol. The Morgan fingerprint density at radius 2 is 1.78 bits per heavy atom. The number of nitrogen functional groups attached to an aromatic ring is 1. The molecule has 0 unspecified atom stereocenters. The highest BCUT2D eigenvalue weighted by molar-refractivity contribution is 6.11. The normalized spacial score (nSPS) is 10.3. The standard InChI is InChI=1S/C19H19N5O3/c1-2-27-19(26)12-8-10-14(11-9-12)22-18(25)15-16(20)23-24-17(15)21-13-6-4-3-5-7-13/h3-11H,2H2,1H3,(H,22,25)(H4,20,21,23,24). The van der Waals surface area contributed by atoms with Crippen molar-refractivity contribution < 1.29 is 14.3 Å². The number of nitrogens with zero attached hydrogens (tertiary/aromatic N) is 1. The van der Waals surface area contributed by atoms with Crippen LogP contribution in [-0.2, 0) is 4.74 Å². The number of para-hydroxylation sites is 1. The predicted octanol–water partition coefficient (Wildman–Crippen LogP) is 3.16. The third kappa shape index (κ3) is 4.24. The molecule has 0 atom stereocenters. The summed E-state index contributed by atoms with van der Waals surface area (Å²) in [6.45, 7) is 2.04. The maximum atomic E-state index is 12.6. The summed E-state index contributed by atoms with van der Waals surface area (Å²) in [7, 11) is 0. The van der Waals surface area contributed by atoms with Crippen molar-refractivity contribution >= 4 is 34.9 Å². The minimum Gasteiger partial charge on any atom is -0.462 e. The second-order valence-electron chi connectivity index (χ2n) is 5.60. The highest BCUT2D eigenvalue weighted by atomic mass is 16.5. The monoisotopic (exact) mass is 365 g/mol. The van der Waals surface area contributed by atoms with Crippen LogP contribution in [0.4, 0.5) is 23.0 Å². The van der Waals surface area contributed by atoms with Gasteiger partial charge in [0.25, 0.3) is 5.91 Å². The number of aromatic nitrogens is 2. The molecule has 3 aromatic rings. The van der Waals surface area contributed by atoms with E-state index in [9.17, 15) is 9.59 Å². The van der Waals surface area contributed by atoms with Gasteiger partial charge in [0.1, 0.15) is 11.4 Å². The molecule has 1 amide bonds. The van der Waals surface area contributed by atoms with Crippen molar-refractivity contribution in [3.8, 4) is 0 Å². The molecule has 0 aliphatic rings. The molecule has 8 heteroatoms. The summed E-state index contributed by atoms with van der Waals surface area (Å²) in [6.07, 6.45) is 0. The van der Waals surface area contributed by atoms with Gasteiger partial charge in [-0.1, -0.05) is 18.2 Å². The van der Waals surface area contributed by atoms with Crippen LogP contribution in [0.3, 0.4) is 0 Å². The lowest BCUT2D eigenvalue weighted by atomic mass is 10.2. The van der Waals surface area contributed by atoms with Crippen molar-refractivity contribution in [2.75, 3.05) is 23.0 Å². The van der Waals surface area contributed by atoms with E-state index in [1.165, 1.54) is 0 Å². The van der Waals surface area contributed by atoms with Gasteiger partial charge in [0, 0.05) is 11.4 Å². The second kappa shape index (κ2) is 8.05. The molecule has 138 valence electrons. The molecule has 3 rings (SSSR count). The third-order valence-corrected chi connectivity index (χ3v) is 3.71. The predicted molar refractivity (Wildman–Crippen MR) is 103 cm³/mol. The lowest BCUT2D eigenvalue weighted by molar-refractivity contribution is 0.0526. The van der Waals surface area contributed by atoms with E-state index in [1.807, 2.05) is 30.3 Å². The van der Waals surface area contributed by atoms with Gasteiger partial charge in [-0.15, -0.1) is 0 Å². The molecule has 0 saturated carbocycles. The lowest BCUT2D eigenvalue weighted by Crippen LogP contribution is -2.15. The largest absolute Gasteiger partial charge is 0.462 e. The number of carbonyl (C=O) groups is 2. The number of nitrogens with two attached hydrogens (primary N) is 1. The van der Waals surface area contributed by atoms with E-state index < -0.39 is 11.9 Å². The third-order valence-electron chi connectivity index (χ3n) is 3.71. The Morgan fingerprint density at radius 1 is 1.07 bits per heavy atom. The van der Waals surface area contributed by atoms with Crippen LogP contribution in [-0.4, -0.2) is 28.7 Å². The summed E-state index contributed by atoms with van der Waals surface area (Å²) in [5.74, 6) is -0.374. The minimum absolute atomic E-state index is 0.147. The minimum atomic E-state index is -0.427. The van der Waals surface area contributed by atoms with Crippen molar-refractivity contribution in [1.82, 2.24) is 10.2 Å². The number of nitrogens with one attached hydrogen (secondary N) is 3. The number of benzene rings is 2. The fourth-order valence-electron chi connectivity index (χ4n) is 2.43. The van der Waals surface area contributed by atoms with E-state index in [2.05, 4.69) is 20.8 Å². The summed E-state index contributed by atoms with van der Waals surface area (Å²) in [5, 5.41) is 12.4. The topological polar surface area (TPSA) is 122 Å². The zero-order valence-corrected chi connectivity index (χ0v) is 14.7. The maximum absolute atomic E-state index is 12.6. The van der Waals surface area contributed by atoms with Crippen molar-refractivity contribution in [1.29, 1.82) is 0 Å². The van der Waals surface area contributed by atoms with Crippen LogP contribution in [0, 0.1) is 0 Å². The first-order valence-electron chi connectivity index (χ1n) is 8.33. The van der Waals surface area contributed by atoms with Crippen LogP contribution in [0.15, 0.2) is 54.6 Å². The van der Waals surface area contributed by atoms with Crippen molar-refractivity contribution in [3.05, 3.63) is 65.7 Å². The van der Waals surface area contributed by atoms with Gasteiger partial charge in [0.2, 0.25) is 0 Å². The molecule has 0 bridgehead atoms. The number of H-pyrrole nitrogens is 1. The van der Waals surface area contributed by atoms with E-state index >= 15 is 0 Å². The van der Waals surface area contributed by atoms with E-state index in [0.717, 1.165) is 5.69 Å². The Hall–Kier alpha value is -3.81. The van der Waals surface area contributed by atoms with Crippen LogP contribution in [0.5, 0.6) is 0 Å². The summed E-state index contributed by atoms with van der Waals surface area (Å²) in [4.78, 5) is 24.3. The van der Waals surface area contributed by atoms with E-state index in [-0.39, 0.29) is 11.4 Å². The average molecular weight is 365 g/mol. The van der Waals surface area contributed by atoms with E-state index in [4.69, 9.17) is 10.5 Å². The van der Waals surface area contributed by atoms with Gasteiger partial charge in [-0.2, -0.15) is 5.10 Å². The summed E-state index contributed by atoms with van der Waals surface area (Å²) in [5.41, 5.74) is 7.76. The number of hydrogen-bond donors (Lipinski definition) is 4. The van der Waals surface area contributed by atoms with Gasteiger partial charge in [-0.05, 0) is 43.3 Å². The van der Waals surface area contributed by atoms with Crippen LogP contribution < -0.4 is 16.4 Å². The Balaban J connectivity index is 1.75. The van der Waals surface area contributed by atoms with Gasteiger partial charge in [0.05, 0.1) is 12.2 Å². The quantitative estimate of drug-likeness (QED) is 0.498. The van der Waals surface area contributed by atoms with Gasteiger partial charge in [-0.3, -0.25) is 9.89 Å². The average Bonchev–Trinajstić information content (AvgIpc) is 3.03. The molecule has 0 radical (unpaired) electrons. The first kappa shape index (κ1) is 18.0. The number of rotatable bonds is 6. The smallest absolute Gasteiger partial charge is 0.338 e. The fourth-order valence-corrected chi connectivity index (χ4v) is 2.43. The summed E-state index contributed by atoms with van der Waals surface area (Å²) in [6, 6.07) is 15.7. The molecule has 27 heavy (non-hydrogen) atoms. The molecule has 2 aromatic carbocycles. The highest BCUT2D eigenvalue weighted by Crippen LogP contribution is 2.24. The maximum Gasteiger partial charge on any atom is 0.338 e. The van der Waals surface area contributed by atoms with Crippen LogP contribution in [0.1, 0.15) is 27.6 Å². The highest BCUT2D eigenvalue weighted by Gasteiger charge is 2.19. The molecular formula is C19H19N5O3. The first-order valence-corrected chi connectivity index (χ1v) is 8.33. The van der Waals surface area contributed by atoms with Gasteiger partial charge in [0.15, 0.2) is 5.82 Å². The molecule has 0 spiro atoms. The zero-order chi connectivity index (χ0) is 19.2. The molecule has 0 aliphatic carbocycles. The number of hydrogen-bond acceptors (Lipinski definition) is 6. The van der Waals surface area contributed by atoms with Crippen molar-refractivity contribution in [3.63, 3.8) is 0 Å². The van der Waals surface area contributed by atoms with Crippen LogP contribution in [0.25, 0.3) is 0 Å². The van der Waals surface area contributed by atoms with Crippen molar-refractivity contribution in [2.24, 2.45) is 0 Å². The van der Waals surface area contributed by atoms with Gasteiger partial charge < -0.3 is 21.1 Å². The molecule has 0 saturated heterocycles. The Labute approximate surface area is 155 Å². The number of amides is 1. The summed E-state index contributed by atoms with van der Waals surface area (Å²) >= 11 is 0. The van der Waals surface area contributed by atoms with Gasteiger partial charge in [-0.25, -0.2) is 4.79 Å². The Morgan fingerprint density at radius 3 is 2.44 bits per heavy atom. The Kier molecular flexibility index (Phi) is 5.36. The molecule has 1 aromatic heterocycles. The summed E-state index contributed by atoms with van der Waals surface area (Å²) < 4.78 is 4.93. The van der Waals surface area contributed by atoms with E-state index in [1.54, 1.807) is 31.2 Å². The number of ether oxygens (including phenoxy) is 1. The Bertz CT molecular complexity index is 936. The van der Waals surface area contributed by atoms with Gasteiger partial charge >= 0.3 is 5.97 Å². The SMILES string of the molecule is CCOC(=O)c1ccc(NC(=O)c2c(Nc3ccccc3)n[nH]c2N)cc1. The van der Waals surface area contributed by atoms with E-state index in [0.29, 0.717) is 23.7 Å². The zero-order valence-electron chi connectivity index (χ0n) is 14.7. The fraction of sp³-hybridized carbons (Fsp3) is 0.105. The molecule has 1 heterocycles. The molecule has 5 N–H and O–H groups in total. The van der Waals surface area contributed by atoms with Crippen LogP contribution in [0.2, 0.25) is 0 Å². The molecule has 0 fully saturated rings. The molecule has 0 aliphatic heterocycles. The number of anilines is 4. The lowest BCUT2D eigenvalue weighted by Gasteiger charge is -2.08.